The fourth-order valence-electron chi connectivity index (χ4n) is 2.43. The molecule has 0 bridgehead atoms. The summed E-state index contributed by atoms with van der Waals surface area (Å²) >= 11 is 5.99. The van der Waals surface area contributed by atoms with Gasteiger partial charge in [-0.1, -0.05) is 41.9 Å². The number of aryl methyl sites for hydroxylation is 1. The highest BCUT2D eigenvalue weighted by Gasteiger charge is 2.17. The van der Waals surface area contributed by atoms with Gasteiger partial charge in [-0.3, -0.25) is 4.68 Å². The number of nitrogens with zero attached hydrogens (tertiary/aromatic N) is 4. The second kappa shape index (κ2) is 5.77. The Morgan fingerprint density at radius 1 is 1.18 bits per heavy atom. The van der Waals surface area contributed by atoms with Gasteiger partial charge in [0.25, 0.3) is 0 Å². The molecule has 6 heteroatoms. The normalized spacial score (nSPS) is 10.9. The molecule has 0 saturated carbocycles. The third-order valence-electron chi connectivity index (χ3n) is 3.64. The molecule has 0 aliphatic carbocycles. The number of rotatable bonds is 3. The minimum atomic E-state index is 0.150. The van der Waals surface area contributed by atoms with Gasteiger partial charge in [0.15, 0.2) is 0 Å². The van der Waals surface area contributed by atoms with E-state index in [-0.39, 0.29) is 5.95 Å². The van der Waals surface area contributed by atoms with Crippen LogP contribution in [0.2, 0.25) is 5.15 Å². The molecule has 2 aromatic heterocycles. The molecular formula is C16H16ClN5. The van der Waals surface area contributed by atoms with Crippen molar-refractivity contribution in [2.45, 2.75) is 13.3 Å². The topological polar surface area (TPSA) is 69.6 Å². The van der Waals surface area contributed by atoms with Crippen LogP contribution in [0.5, 0.6) is 0 Å². The summed E-state index contributed by atoms with van der Waals surface area (Å²) in [6.45, 7) is 2.04. The average Bonchev–Trinajstić information content (AvgIpc) is 2.76. The van der Waals surface area contributed by atoms with E-state index in [1.54, 1.807) is 6.07 Å². The van der Waals surface area contributed by atoms with Crippen LogP contribution in [-0.4, -0.2) is 19.7 Å². The molecule has 0 aliphatic rings. The third-order valence-corrected chi connectivity index (χ3v) is 3.83. The fraction of sp³-hybridized carbons (Fsp3) is 0.188. The first-order valence-electron chi connectivity index (χ1n) is 6.91. The summed E-state index contributed by atoms with van der Waals surface area (Å²) in [5, 5.41) is 4.89. The first-order valence-corrected chi connectivity index (χ1v) is 7.29. The maximum absolute atomic E-state index is 5.99. The van der Waals surface area contributed by atoms with Crippen molar-refractivity contribution < 1.29 is 0 Å². The SMILES string of the molecule is Cc1c(Cc2ccccc2)c(-c2cc(Cl)nc(N)n2)nn1C. The van der Waals surface area contributed by atoms with Crippen molar-refractivity contribution >= 4 is 17.5 Å². The lowest BCUT2D eigenvalue weighted by Gasteiger charge is -2.05. The molecular weight excluding hydrogens is 298 g/mol. The number of halogens is 1. The van der Waals surface area contributed by atoms with Crippen molar-refractivity contribution in [2.75, 3.05) is 5.73 Å². The zero-order chi connectivity index (χ0) is 15.7. The number of nitrogen functional groups attached to an aromatic ring is 1. The molecule has 1 aromatic carbocycles. The van der Waals surface area contributed by atoms with Crippen molar-refractivity contribution in [1.82, 2.24) is 19.7 Å². The molecule has 0 saturated heterocycles. The second-order valence-corrected chi connectivity index (χ2v) is 5.52. The Bertz CT molecular complexity index is 791. The average molecular weight is 314 g/mol. The van der Waals surface area contributed by atoms with Gasteiger partial charge in [-0.15, -0.1) is 0 Å². The predicted octanol–water partition coefficient (Wildman–Crippen LogP) is 3.01. The number of hydrogen-bond acceptors (Lipinski definition) is 4. The van der Waals surface area contributed by atoms with E-state index in [1.165, 1.54) is 5.56 Å². The van der Waals surface area contributed by atoms with E-state index in [0.29, 0.717) is 10.8 Å². The van der Waals surface area contributed by atoms with E-state index in [1.807, 2.05) is 36.9 Å². The molecule has 0 amide bonds. The van der Waals surface area contributed by atoms with Crippen LogP contribution in [0, 0.1) is 6.92 Å². The molecule has 5 nitrogen and oxygen atoms in total. The molecule has 22 heavy (non-hydrogen) atoms. The summed E-state index contributed by atoms with van der Waals surface area (Å²) in [4.78, 5) is 8.17. The van der Waals surface area contributed by atoms with Gasteiger partial charge < -0.3 is 5.73 Å². The highest BCUT2D eigenvalue weighted by Crippen LogP contribution is 2.27. The van der Waals surface area contributed by atoms with Gasteiger partial charge in [-0.25, -0.2) is 9.97 Å². The molecule has 3 aromatic rings. The molecule has 0 aliphatic heterocycles. The number of hydrogen-bond donors (Lipinski definition) is 1. The summed E-state index contributed by atoms with van der Waals surface area (Å²) in [6, 6.07) is 11.9. The molecule has 0 spiro atoms. The van der Waals surface area contributed by atoms with Crippen LogP contribution >= 0.6 is 11.6 Å². The van der Waals surface area contributed by atoms with E-state index in [2.05, 4.69) is 27.2 Å². The lowest BCUT2D eigenvalue weighted by molar-refractivity contribution is 0.740. The smallest absolute Gasteiger partial charge is 0.222 e. The first-order chi connectivity index (χ1) is 10.5. The second-order valence-electron chi connectivity index (χ2n) is 5.13. The van der Waals surface area contributed by atoms with Crippen molar-refractivity contribution in [3.05, 3.63) is 58.4 Å². The number of nitrogens with two attached hydrogens (primary N) is 1. The van der Waals surface area contributed by atoms with Crippen molar-refractivity contribution in [2.24, 2.45) is 7.05 Å². The number of benzene rings is 1. The third kappa shape index (κ3) is 2.80. The Balaban J connectivity index is 2.10. The largest absolute Gasteiger partial charge is 0.368 e. The Hall–Kier alpha value is -2.40. The zero-order valence-electron chi connectivity index (χ0n) is 12.4. The maximum Gasteiger partial charge on any atom is 0.222 e. The van der Waals surface area contributed by atoms with Gasteiger partial charge in [-0.05, 0) is 12.5 Å². The highest BCUT2D eigenvalue weighted by atomic mass is 35.5. The van der Waals surface area contributed by atoms with E-state index in [9.17, 15) is 0 Å². The van der Waals surface area contributed by atoms with Crippen LogP contribution < -0.4 is 5.73 Å². The van der Waals surface area contributed by atoms with Crippen LogP contribution in [0.1, 0.15) is 16.8 Å². The number of aromatic nitrogens is 4. The van der Waals surface area contributed by atoms with Crippen LogP contribution in [-0.2, 0) is 13.5 Å². The summed E-state index contributed by atoms with van der Waals surface area (Å²) < 4.78 is 1.85. The van der Waals surface area contributed by atoms with Crippen molar-refractivity contribution in [3.63, 3.8) is 0 Å². The van der Waals surface area contributed by atoms with Crippen molar-refractivity contribution in [1.29, 1.82) is 0 Å². The monoisotopic (exact) mass is 313 g/mol. The van der Waals surface area contributed by atoms with Gasteiger partial charge in [0.05, 0.1) is 5.69 Å². The van der Waals surface area contributed by atoms with Gasteiger partial charge in [0, 0.05) is 30.8 Å². The van der Waals surface area contributed by atoms with E-state index in [0.717, 1.165) is 23.4 Å². The summed E-state index contributed by atoms with van der Waals surface area (Å²) in [7, 11) is 1.92. The Kier molecular flexibility index (Phi) is 3.81. The molecule has 0 radical (unpaired) electrons. The quantitative estimate of drug-likeness (QED) is 0.755. The van der Waals surface area contributed by atoms with Crippen LogP contribution in [0.15, 0.2) is 36.4 Å². The van der Waals surface area contributed by atoms with E-state index in [4.69, 9.17) is 17.3 Å². The minimum Gasteiger partial charge on any atom is -0.368 e. The van der Waals surface area contributed by atoms with Gasteiger partial charge in [0.1, 0.15) is 10.8 Å². The van der Waals surface area contributed by atoms with Crippen LogP contribution in [0.25, 0.3) is 11.4 Å². The maximum atomic E-state index is 5.99. The number of anilines is 1. The van der Waals surface area contributed by atoms with Gasteiger partial charge in [0.2, 0.25) is 5.95 Å². The molecule has 2 heterocycles. The van der Waals surface area contributed by atoms with Crippen LogP contribution in [0.4, 0.5) is 5.95 Å². The Morgan fingerprint density at radius 3 is 2.59 bits per heavy atom. The van der Waals surface area contributed by atoms with E-state index < -0.39 is 0 Å². The molecule has 0 atom stereocenters. The molecule has 0 unspecified atom stereocenters. The lowest BCUT2D eigenvalue weighted by atomic mass is 10.0. The summed E-state index contributed by atoms with van der Waals surface area (Å²) in [5.74, 6) is 0.150. The van der Waals surface area contributed by atoms with Crippen molar-refractivity contribution in [3.8, 4) is 11.4 Å². The standard InChI is InChI=1S/C16H16ClN5/c1-10-12(8-11-6-4-3-5-7-11)15(21-22(10)2)13-9-14(17)20-16(18)19-13/h3-7,9H,8H2,1-2H3,(H2,18,19,20). The predicted molar refractivity (Wildman–Crippen MR) is 87.6 cm³/mol. The Morgan fingerprint density at radius 2 is 1.91 bits per heavy atom. The van der Waals surface area contributed by atoms with E-state index >= 15 is 0 Å². The highest BCUT2D eigenvalue weighted by molar-refractivity contribution is 6.29. The zero-order valence-corrected chi connectivity index (χ0v) is 13.2. The molecule has 2 N–H and O–H groups in total. The summed E-state index contributed by atoms with van der Waals surface area (Å²) in [6.07, 6.45) is 0.775. The molecule has 3 rings (SSSR count). The fourth-order valence-corrected chi connectivity index (χ4v) is 2.62. The molecule has 112 valence electrons. The van der Waals surface area contributed by atoms with Gasteiger partial charge >= 0.3 is 0 Å². The first kappa shape index (κ1) is 14.5. The minimum absolute atomic E-state index is 0.150. The van der Waals surface area contributed by atoms with Gasteiger partial charge in [-0.2, -0.15) is 5.10 Å². The molecule has 0 fully saturated rings. The summed E-state index contributed by atoms with van der Waals surface area (Å²) in [5.41, 5.74) is 10.6. The Labute approximate surface area is 133 Å². The van der Waals surface area contributed by atoms with Crippen LogP contribution in [0.3, 0.4) is 0 Å². The lowest BCUT2D eigenvalue weighted by Crippen LogP contribution is -1.99.